The first-order chi connectivity index (χ1) is 9.72. The molecule has 0 saturated carbocycles. The van der Waals surface area contributed by atoms with Gasteiger partial charge in [0.1, 0.15) is 0 Å². The van der Waals surface area contributed by atoms with E-state index in [2.05, 4.69) is 5.32 Å². The molecule has 0 unspecified atom stereocenters. The van der Waals surface area contributed by atoms with Crippen molar-refractivity contribution in [3.63, 3.8) is 0 Å². The molecule has 0 heterocycles. The Kier molecular flexibility index (Phi) is 6.21. The summed E-state index contributed by atoms with van der Waals surface area (Å²) in [5, 5.41) is 3.37. The fourth-order valence-corrected chi connectivity index (χ4v) is 2.65. The molecule has 0 fully saturated rings. The maximum absolute atomic E-state index is 12.0. The van der Waals surface area contributed by atoms with Crippen LogP contribution in [0.2, 0.25) is 5.02 Å². The van der Waals surface area contributed by atoms with Crippen LogP contribution < -0.4 is 5.32 Å². The highest BCUT2D eigenvalue weighted by Gasteiger charge is 2.15. The average Bonchev–Trinajstić information content (AvgIpc) is 2.33. The first-order valence-corrected chi connectivity index (χ1v) is 7.44. The van der Waals surface area contributed by atoms with E-state index in [0.717, 1.165) is 11.1 Å². The molecule has 0 spiro atoms. The van der Waals surface area contributed by atoms with Crippen molar-refractivity contribution in [1.29, 1.82) is 0 Å². The van der Waals surface area contributed by atoms with Crippen LogP contribution in [-0.4, -0.2) is 29.3 Å². The average molecular weight is 311 g/mol. The molecule has 1 aromatic carbocycles. The molecular formula is C16H23ClN2O2. The van der Waals surface area contributed by atoms with Gasteiger partial charge in [-0.3, -0.25) is 9.59 Å². The predicted octanol–water partition coefficient (Wildman–Crippen LogP) is 3.54. The van der Waals surface area contributed by atoms with E-state index in [1.807, 2.05) is 39.8 Å². The topological polar surface area (TPSA) is 49.4 Å². The Hall–Kier alpha value is -1.55. The number of carbonyl (C=O) groups excluding carboxylic acids is 2. The lowest BCUT2D eigenvalue weighted by Gasteiger charge is -2.25. The third kappa shape index (κ3) is 5.05. The van der Waals surface area contributed by atoms with Gasteiger partial charge >= 0.3 is 0 Å². The van der Waals surface area contributed by atoms with E-state index >= 15 is 0 Å². The highest BCUT2D eigenvalue weighted by Crippen LogP contribution is 2.27. The number of hydrogen-bond donors (Lipinski definition) is 1. The maximum Gasteiger partial charge on any atom is 0.226 e. The Morgan fingerprint density at radius 2 is 1.90 bits per heavy atom. The second kappa shape index (κ2) is 7.46. The molecule has 0 aliphatic carbocycles. The van der Waals surface area contributed by atoms with Crippen LogP contribution in [-0.2, 0) is 9.59 Å². The number of benzene rings is 1. The molecule has 0 bridgehead atoms. The zero-order valence-electron chi connectivity index (χ0n) is 13.3. The van der Waals surface area contributed by atoms with Crippen LogP contribution in [0.25, 0.3) is 0 Å². The number of rotatable bonds is 5. The van der Waals surface area contributed by atoms with E-state index in [9.17, 15) is 9.59 Å². The SMILES string of the molecule is CC(=O)N(CCC(=O)Nc1c(C)cc(C)cc1Cl)C(C)C. The van der Waals surface area contributed by atoms with E-state index in [0.29, 0.717) is 17.3 Å². The molecule has 1 aromatic rings. The van der Waals surface area contributed by atoms with Crippen LogP contribution in [0.1, 0.15) is 38.3 Å². The van der Waals surface area contributed by atoms with Gasteiger partial charge in [0.25, 0.3) is 0 Å². The first kappa shape index (κ1) is 17.5. The summed E-state index contributed by atoms with van der Waals surface area (Å²) in [6, 6.07) is 3.87. The van der Waals surface area contributed by atoms with Gasteiger partial charge in [-0.05, 0) is 44.9 Å². The molecule has 0 radical (unpaired) electrons. The summed E-state index contributed by atoms with van der Waals surface area (Å²) in [5.74, 6) is -0.168. The number of amides is 2. The van der Waals surface area contributed by atoms with E-state index in [1.165, 1.54) is 6.92 Å². The summed E-state index contributed by atoms with van der Waals surface area (Å²) in [7, 11) is 0. The normalized spacial score (nSPS) is 10.6. The summed E-state index contributed by atoms with van der Waals surface area (Å²) in [5.41, 5.74) is 2.63. The molecule has 0 saturated heterocycles. The molecule has 0 atom stereocenters. The standard InChI is InChI=1S/C16H23ClN2O2/c1-10(2)19(13(5)20)7-6-15(21)18-16-12(4)8-11(3)9-14(16)17/h8-10H,6-7H2,1-5H3,(H,18,21). The van der Waals surface area contributed by atoms with Crippen molar-refractivity contribution in [1.82, 2.24) is 4.90 Å². The summed E-state index contributed by atoms with van der Waals surface area (Å²) in [6.45, 7) is 9.64. The number of aryl methyl sites for hydroxylation is 2. The number of anilines is 1. The molecule has 1 N–H and O–H groups in total. The Balaban J connectivity index is 2.69. The minimum absolute atomic E-state index is 0.0256. The summed E-state index contributed by atoms with van der Waals surface area (Å²) in [6.07, 6.45) is 0.251. The van der Waals surface area contributed by atoms with Gasteiger partial charge in [0, 0.05) is 25.9 Å². The van der Waals surface area contributed by atoms with Crippen LogP contribution in [0.3, 0.4) is 0 Å². The molecule has 1 rings (SSSR count). The third-order valence-corrected chi connectivity index (χ3v) is 3.60. The van der Waals surface area contributed by atoms with Gasteiger partial charge in [0.15, 0.2) is 0 Å². The molecule has 0 aromatic heterocycles. The zero-order valence-corrected chi connectivity index (χ0v) is 14.0. The molecule has 0 aliphatic rings. The van der Waals surface area contributed by atoms with Crippen LogP contribution >= 0.6 is 11.6 Å². The van der Waals surface area contributed by atoms with Gasteiger partial charge in [-0.1, -0.05) is 17.7 Å². The van der Waals surface area contributed by atoms with Crippen molar-refractivity contribution in [2.24, 2.45) is 0 Å². The maximum atomic E-state index is 12.0. The van der Waals surface area contributed by atoms with Gasteiger partial charge in [-0.15, -0.1) is 0 Å². The van der Waals surface area contributed by atoms with Crippen molar-refractivity contribution in [3.8, 4) is 0 Å². The molecule has 21 heavy (non-hydrogen) atoms. The van der Waals surface area contributed by atoms with Crippen LogP contribution in [0.15, 0.2) is 12.1 Å². The lowest BCUT2D eigenvalue weighted by atomic mass is 10.1. The lowest BCUT2D eigenvalue weighted by molar-refractivity contribution is -0.130. The predicted molar refractivity (Wildman–Crippen MR) is 86.7 cm³/mol. The minimum atomic E-state index is -0.143. The molecule has 116 valence electrons. The van der Waals surface area contributed by atoms with Crippen LogP contribution in [0, 0.1) is 13.8 Å². The highest BCUT2D eigenvalue weighted by molar-refractivity contribution is 6.34. The van der Waals surface area contributed by atoms with Crippen LogP contribution in [0.5, 0.6) is 0 Å². The van der Waals surface area contributed by atoms with Crippen molar-refractivity contribution < 1.29 is 9.59 Å². The Morgan fingerprint density at radius 3 is 2.38 bits per heavy atom. The van der Waals surface area contributed by atoms with Crippen molar-refractivity contribution in [3.05, 3.63) is 28.3 Å². The molecule has 0 aliphatic heterocycles. The van der Waals surface area contributed by atoms with E-state index in [1.54, 1.807) is 4.90 Å². The van der Waals surface area contributed by atoms with Gasteiger partial charge in [-0.2, -0.15) is 0 Å². The van der Waals surface area contributed by atoms with Gasteiger partial charge < -0.3 is 10.2 Å². The third-order valence-electron chi connectivity index (χ3n) is 3.30. The second-order valence-corrected chi connectivity index (χ2v) is 5.95. The minimum Gasteiger partial charge on any atom is -0.340 e. The number of hydrogen-bond acceptors (Lipinski definition) is 2. The second-order valence-electron chi connectivity index (χ2n) is 5.54. The lowest BCUT2D eigenvalue weighted by Crippen LogP contribution is -2.37. The fourth-order valence-electron chi connectivity index (χ4n) is 2.28. The van der Waals surface area contributed by atoms with Crippen molar-refractivity contribution in [2.45, 2.75) is 47.1 Å². The van der Waals surface area contributed by atoms with E-state index in [-0.39, 0.29) is 24.3 Å². The summed E-state index contributed by atoms with van der Waals surface area (Å²) in [4.78, 5) is 25.2. The Bertz CT molecular complexity index is 518. The smallest absolute Gasteiger partial charge is 0.226 e. The molecule has 4 nitrogen and oxygen atoms in total. The number of carbonyl (C=O) groups is 2. The van der Waals surface area contributed by atoms with Crippen molar-refractivity contribution >= 4 is 29.1 Å². The largest absolute Gasteiger partial charge is 0.340 e. The van der Waals surface area contributed by atoms with Gasteiger partial charge in [0.05, 0.1) is 10.7 Å². The Morgan fingerprint density at radius 1 is 1.29 bits per heavy atom. The fraction of sp³-hybridized carbons (Fsp3) is 0.500. The van der Waals surface area contributed by atoms with E-state index < -0.39 is 0 Å². The molecule has 5 heteroatoms. The summed E-state index contributed by atoms with van der Waals surface area (Å²) < 4.78 is 0. The number of nitrogens with one attached hydrogen (secondary N) is 1. The van der Waals surface area contributed by atoms with Crippen LogP contribution in [0.4, 0.5) is 5.69 Å². The molecule has 2 amide bonds. The zero-order chi connectivity index (χ0) is 16.2. The number of halogens is 1. The van der Waals surface area contributed by atoms with Gasteiger partial charge in [0.2, 0.25) is 11.8 Å². The van der Waals surface area contributed by atoms with E-state index in [4.69, 9.17) is 11.6 Å². The summed E-state index contributed by atoms with van der Waals surface area (Å²) >= 11 is 6.16. The highest BCUT2D eigenvalue weighted by atomic mass is 35.5. The quantitative estimate of drug-likeness (QED) is 0.904. The number of nitrogens with zero attached hydrogens (tertiary/aromatic N) is 1. The monoisotopic (exact) mass is 310 g/mol. The molecular weight excluding hydrogens is 288 g/mol. The first-order valence-electron chi connectivity index (χ1n) is 7.06. The van der Waals surface area contributed by atoms with Gasteiger partial charge in [-0.25, -0.2) is 0 Å². The van der Waals surface area contributed by atoms with Crippen molar-refractivity contribution in [2.75, 3.05) is 11.9 Å². The Labute approximate surface area is 131 Å².